The predicted octanol–water partition coefficient (Wildman–Crippen LogP) is 11.1. The number of ether oxygens (including phenoxy) is 2. The first-order valence-electron chi connectivity index (χ1n) is 19.9. The van der Waals surface area contributed by atoms with Gasteiger partial charge in [-0.3, -0.25) is 28.8 Å². The van der Waals surface area contributed by atoms with E-state index in [1.54, 1.807) is 36.4 Å². The maximum absolute atomic E-state index is 13.5. The van der Waals surface area contributed by atoms with E-state index in [0.29, 0.717) is 39.6 Å². The average molecular weight is 1010 g/mol. The second kappa shape index (κ2) is 24.4. The zero-order chi connectivity index (χ0) is 48.8. The van der Waals surface area contributed by atoms with Crippen molar-refractivity contribution < 1.29 is 38.2 Å². The molecule has 2 atom stereocenters. The van der Waals surface area contributed by atoms with Crippen LogP contribution in [0.5, 0.6) is 11.5 Å². The third-order valence-corrected chi connectivity index (χ3v) is 11.1. The van der Waals surface area contributed by atoms with E-state index >= 15 is 0 Å². The summed E-state index contributed by atoms with van der Waals surface area (Å²) in [6.07, 6.45) is 0.207. The van der Waals surface area contributed by atoms with Crippen LogP contribution in [0.25, 0.3) is 0 Å². The number of hydrogen-bond acceptors (Lipinski definition) is 12. The lowest BCUT2D eigenvalue weighted by Gasteiger charge is -2.15. The van der Waals surface area contributed by atoms with Crippen LogP contribution < -0.4 is 30.7 Å². The van der Waals surface area contributed by atoms with Crippen molar-refractivity contribution in [3.8, 4) is 11.5 Å². The fraction of sp³-hybridized carbons (Fsp3) is 0.217. The predicted molar refractivity (Wildman–Crippen MR) is 260 cm³/mol. The molecule has 16 nitrogen and oxygen atoms in total. The number of halogens is 5. The third kappa shape index (κ3) is 13.8. The Bertz CT molecular complexity index is 2770. The maximum Gasteiger partial charge on any atom is 0.258 e. The highest BCUT2D eigenvalue weighted by molar-refractivity contribution is 6.35. The minimum absolute atomic E-state index is 0.0331. The standard InChI is InChI=1S/C46H41Cl5N8O8/c1-24(60)41(58-56-30-7-12-36(50)34(18-30)43(62)54-39-20-32(66-3)10-5-27(39)22-48)45(64)52-29-9-14-38(26(17-29)15-16-47)53-46(65)42(25(2)61)59-57-31-8-13-37(51)35(19-31)44(63)55-40-21-33(67-4)11-6-28(40)23-49/h5-14,17-21,41-42H,15-16,22-23H2,1-4H3,(H,52,64)(H,53,65)(H,54,62)(H,55,63). The van der Waals surface area contributed by atoms with Gasteiger partial charge in [0.15, 0.2) is 11.6 Å². The highest BCUT2D eigenvalue weighted by Crippen LogP contribution is 2.30. The first-order valence-corrected chi connectivity index (χ1v) is 22.3. The smallest absolute Gasteiger partial charge is 0.258 e. The Morgan fingerprint density at radius 1 is 0.537 bits per heavy atom. The summed E-state index contributed by atoms with van der Waals surface area (Å²) in [5, 5.41) is 27.1. The minimum Gasteiger partial charge on any atom is -0.497 e. The molecule has 0 heterocycles. The van der Waals surface area contributed by atoms with Gasteiger partial charge in [0, 0.05) is 52.5 Å². The number of alkyl halides is 3. The molecule has 0 fully saturated rings. The van der Waals surface area contributed by atoms with Crippen molar-refractivity contribution >= 4 is 127 Å². The number of nitrogens with zero attached hydrogens (tertiary/aromatic N) is 4. The monoisotopic (exact) mass is 1010 g/mol. The number of rotatable bonds is 20. The lowest BCUT2D eigenvalue weighted by atomic mass is 10.1. The minimum atomic E-state index is -1.61. The molecule has 0 radical (unpaired) electrons. The van der Waals surface area contributed by atoms with E-state index in [0.717, 1.165) is 13.8 Å². The Kier molecular flexibility index (Phi) is 18.8. The van der Waals surface area contributed by atoms with E-state index in [2.05, 4.69) is 41.7 Å². The first-order chi connectivity index (χ1) is 32.1. The molecule has 5 aromatic carbocycles. The van der Waals surface area contributed by atoms with E-state index in [-0.39, 0.29) is 68.0 Å². The average Bonchev–Trinajstić information content (AvgIpc) is 3.30. The molecule has 2 unspecified atom stereocenters. The molecule has 4 N–H and O–H groups in total. The molecule has 5 rings (SSSR count). The zero-order valence-electron chi connectivity index (χ0n) is 36.1. The molecule has 348 valence electrons. The molecule has 0 saturated carbocycles. The molecule has 0 bridgehead atoms. The van der Waals surface area contributed by atoms with E-state index in [1.807, 2.05) is 0 Å². The molecule has 67 heavy (non-hydrogen) atoms. The second-order valence-corrected chi connectivity index (χ2v) is 16.0. The largest absolute Gasteiger partial charge is 0.497 e. The molecule has 0 aliphatic carbocycles. The van der Waals surface area contributed by atoms with Gasteiger partial charge in [-0.2, -0.15) is 20.5 Å². The van der Waals surface area contributed by atoms with Crippen LogP contribution >= 0.6 is 58.0 Å². The van der Waals surface area contributed by atoms with Crippen LogP contribution in [0, 0.1) is 0 Å². The topological polar surface area (TPSA) is 218 Å². The van der Waals surface area contributed by atoms with Gasteiger partial charge in [0.1, 0.15) is 11.5 Å². The first kappa shape index (κ1) is 51.6. The molecule has 5 aromatic rings. The normalized spacial score (nSPS) is 12.0. The van der Waals surface area contributed by atoms with Gasteiger partial charge >= 0.3 is 0 Å². The number of carbonyl (C=O) groups excluding carboxylic acids is 6. The summed E-state index contributed by atoms with van der Waals surface area (Å²) in [4.78, 5) is 78.9. The van der Waals surface area contributed by atoms with Crippen LogP contribution in [0.15, 0.2) is 111 Å². The van der Waals surface area contributed by atoms with Crippen molar-refractivity contribution in [1.82, 2.24) is 0 Å². The second-order valence-electron chi connectivity index (χ2n) is 14.3. The Morgan fingerprint density at radius 2 is 1.00 bits per heavy atom. The summed E-state index contributed by atoms with van der Waals surface area (Å²) >= 11 is 30.9. The van der Waals surface area contributed by atoms with Crippen LogP contribution in [0.3, 0.4) is 0 Å². The number of hydrogen-bond donors (Lipinski definition) is 4. The number of methoxy groups -OCH3 is 2. The van der Waals surface area contributed by atoms with E-state index in [4.69, 9.17) is 67.5 Å². The Labute approximate surface area is 409 Å². The summed E-state index contributed by atoms with van der Waals surface area (Å²) in [5.74, 6) is -2.79. The van der Waals surface area contributed by atoms with Crippen LogP contribution in [0.2, 0.25) is 10.0 Å². The zero-order valence-corrected chi connectivity index (χ0v) is 39.9. The van der Waals surface area contributed by atoms with Crippen LogP contribution in [0.4, 0.5) is 34.1 Å². The molecule has 0 saturated heterocycles. The number of benzene rings is 5. The summed E-state index contributed by atoms with van der Waals surface area (Å²) in [6.45, 7) is 2.33. The van der Waals surface area contributed by atoms with Crippen molar-refractivity contribution in [2.24, 2.45) is 20.5 Å². The van der Waals surface area contributed by atoms with Gasteiger partial charge < -0.3 is 30.7 Å². The van der Waals surface area contributed by atoms with Crippen molar-refractivity contribution in [3.05, 3.63) is 129 Å². The Hall–Kier alpha value is -6.43. The highest BCUT2D eigenvalue weighted by Gasteiger charge is 2.26. The molecule has 0 spiro atoms. The molecule has 4 amide bonds. The van der Waals surface area contributed by atoms with E-state index in [1.165, 1.54) is 68.8 Å². The fourth-order valence-corrected chi connectivity index (χ4v) is 7.18. The van der Waals surface area contributed by atoms with Gasteiger partial charge in [-0.25, -0.2) is 0 Å². The Balaban J connectivity index is 1.28. The molecule has 0 aliphatic rings. The SMILES string of the molecule is COc1ccc(CCl)c(NC(=O)c2cc(N=NC(C(C)=O)C(=O)Nc3ccc(NC(=O)C(N=Nc4ccc(Cl)c(C(=O)Nc5cc(OC)ccc5CCl)c4)C(C)=O)c(CCCl)c3)ccc2Cl)c1. The van der Waals surface area contributed by atoms with Crippen LogP contribution in [-0.2, 0) is 37.4 Å². The van der Waals surface area contributed by atoms with Gasteiger partial charge in [-0.1, -0.05) is 35.3 Å². The van der Waals surface area contributed by atoms with Crippen molar-refractivity contribution in [3.63, 3.8) is 0 Å². The van der Waals surface area contributed by atoms with Crippen molar-refractivity contribution in [2.45, 2.75) is 44.1 Å². The van der Waals surface area contributed by atoms with E-state index < -0.39 is 47.3 Å². The summed E-state index contributed by atoms with van der Waals surface area (Å²) in [7, 11) is 2.97. The van der Waals surface area contributed by atoms with Crippen molar-refractivity contribution in [2.75, 3.05) is 41.4 Å². The molecular weight excluding hydrogens is 970 g/mol. The number of aryl methyl sites for hydroxylation is 1. The van der Waals surface area contributed by atoms with Crippen molar-refractivity contribution in [1.29, 1.82) is 0 Å². The molecule has 0 aromatic heterocycles. The number of amides is 4. The number of anilines is 4. The quantitative estimate of drug-likeness (QED) is 0.0333. The summed E-state index contributed by atoms with van der Waals surface area (Å²) < 4.78 is 10.5. The summed E-state index contributed by atoms with van der Waals surface area (Å²) in [5.41, 5.74) is 3.33. The van der Waals surface area contributed by atoms with Gasteiger partial charge in [-0.15, -0.1) is 34.8 Å². The summed E-state index contributed by atoms with van der Waals surface area (Å²) in [6, 6.07) is 19.7. The molecular formula is C46H41Cl5N8O8. The number of nitrogens with one attached hydrogen (secondary N) is 4. The highest BCUT2D eigenvalue weighted by atomic mass is 35.5. The van der Waals surface area contributed by atoms with Gasteiger partial charge in [0.2, 0.25) is 12.1 Å². The lowest BCUT2D eigenvalue weighted by Crippen LogP contribution is -2.32. The molecule has 0 aliphatic heterocycles. The number of Topliss-reactive ketones (excluding diaryl/α,β-unsaturated/α-hetero) is 2. The fourth-order valence-electron chi connectivity index (χ4n) is 6.11. The molecule has 21 heteroatoms. The Morgan fingerprint density at radius 3 is 1.42 bits per heavy atom. The van der Waals surface area contributed by atoms with Gasteiger partial charge in [0.25, 0.3) is 23.6 Å². The number of carbonyl (C=O) groups is 6. The third-order valence-electron chi connectivity index (χ3n) is 9.65. The maximum atomic E-state index is 13.5. The van der Waals surface area contributed by atoms with Crippen LogP contribution in [-0.4, -0.2) is 67.4 Å². The van der Waals surface area contributed by atoms with Gasteiger partial charge in [0.05, 0.1) is 46.8 Å². The lowest BCUT2D eigenvalue weighted by molar-refractivity contribution is -0.127. The van der Waals surface area contributed by atoms with Gasteiger partial charge in [-0.05, 0) is 104 Å². The van der Waals surface area contributed by atoms with Crippen LogP contribution in [0.1, 0.15) is 51.3 Å². The van der Waals surface area contributed by atoms with E-state index in [9.17, 15) is 28.8 Å². The number of azo groups is 2. The number of ketones is 2.